The van der Waals surface area contributed by atoms with E-state index in [4.69, 9.17) is 42.1 Å². The van der Waals surface area contributed by atoms with Crippen LogP contribution in [0.1, 0.15) is 28.4 Å². The van der Waals surface area contributed by atoms with Crippen LogP contribution in [0.4, 0.5) is 4.79 Å². The molecule has 1 fully saturated rings. The molecule has 1 heterocycles. The van der Waals surface area contributed by atoms with Gasteiger partial charge in [0.15, 0.2) is 0 Å². The Kier molecular flexibility index (Phi) is 15.2. The first-order valence-corrected chi connectivity index (χ1v) is 14.6. The number of carbonyl (C=O) groups is 2. The third-order valence-corrected chi connectivity index (χ3v) is 6.99. The predicted octanol–water partition coefficient (Wildman–Crippen LogP) is 3.49. The van der Waals surface area contributed by atoms with Crippen molar-refractivity contribution in [1.82, 2.24) is 20.9 Å². The molecule has 1 saturated heterocycles. The highest BCUT2D eigenvalue weighted by Crippen LogP contribution is 2.23. The molecule has 1 aliphatic rings. The van der Waals surface area contributed by atoms with Crippen LogP contribution in [0.25, 0.3) is 0 Å². The summed E-state index contributed by atoms with van der Waals surface area (Å²) in [7, 11) is 0. The summed E-state index contributed by atoms with van der Waals surface area (Å²) in [4.78, 5) is 26.9. The maximum atomic E-state index is 12.3. The molecule has 0 aliphatic carbocycles. The van der Waals surface area contributed by atoms with Crippen molar-refractivity contribution in [1.29, 1.82) is 0 Å². The van der Waals surface area contributed by atoms with Crippen molar-refractivity contribution >= 4 is 35.1 Å². The van der Waals surface area contributed by atoms with Crippen LogP contribution in [0.15, 0.2) is 42.5 Å². The third kappa shape index (κ3) is 13.0. The molecular formula is C29H40Cl2N4O6. The van der Waals surface area contributed by atoms with Gasteiger partial charge in [-0.2, -0.15) is 0 Å². The van der Waals surface area contributed by atoms with Crippen molar-refractivity contribution in [2.24, 2.45) is 0 Å². The second-order valence-electron chi connectivity index (χ2n) is 9.41. The number of urea groups is 1. The van der Waals surface area contributed by atoms with E-state index in [1.165, 1.54) is 0 Å². The van der Waals surface area contributed by atoms with Gasteiger partial charge in [0.2, 0.25) is 0 Å². The number of carbonyl (C=O) groups excluding carboxylic acids is 2. The lowest BCUT2D eigenvalue weighted by molar-refractivity contribution is -0.0287. The van der Waals surface area contributed by atoms with E-state index in [9.17, 15) is 9.59 Å². The summed E-state index contributed by atoms with van der Waals surface area (Å²) < 4.78 is 21.8. The predicted molar refractivity (Wildman–Crippen MR) is 159 cm³/mol. The summed E-state index contributed by atoms with van der Waals surface area (Å²) in [6.45, 7) is 9.04. The fraction of sp³-hybridized carbons (Fsp3) is 0.517. The second-order valence-corrected chi connectivity index (χ2v) is 10.2. The average molecular weight is 612 g/mol. The van der Waals surface area contributed by atoms with Gasteiger partial charge in [-0.25, -0.2) is 4.79 Å². The number of morpholine rings is 1. The Bertz CT molecular complexity index is 1080. The lowest BCUT2D eigenvalue weighted by atomic mass is 10.1. The monoisotopic (exact) mass is 610 g/mol. The van der Waals surface area contributed by atoms with E-state index in [2.05, 4.69) is 20.9 Å². The van der Waals surface area contributed by atoms with Gasteiger partial charge in [-0.15, -0.1) is 0 Å². The maximum absolute atomic E-state index is 12.3. The summed E-state index contributed by atoms with van der Waals surface area (Å²) >= 11 is 12.1. The summed E-state index contributed by atoms with van der Waals surface area (Å²) in [5.74, 6) is -0.181. The minimum Gasteiger partial charge on any atom is -0.379 e. The maximum Gasteiger partial charge on any atom is 0.315 e. The number of hydrogen-bond donors (Lipinski definition) is 3. The number of nitrogens with one attached hydrogen (secondary N) is 3. The van der Waals surface area contributed by atoms with Crippen molar-refractivity contribution in [3.05, 3.63) is 69.2 Å². The Morgan fingerprint density at radius 2 is 1.61 bits per heavy atom. The van der Waals surface area contributed by atoms with Gasteiger partial charge in [0.1, 0.15) is 0 Å². The highest BCUT2D eigenvalue weighted by Gasteiger charge is 2.21. The largest absolute Gasteiger partial charge is 0.379 e. The van der Waals surface area contributed by atoms with E-state index in [-0.39, 0.29) is 18.0 Å². The van der Waals surface area contributed by atoms with E-state index < -0.39 is 0 Å². The van der Waals surface area contributed by atoms with Crippen molar-refractivity contribution in [3.63, 3.8) is 0 Å². The van der Waals surface area contributed by atoms with Gasteiger partial charge in [0.25, 0.3) is 5.91 Å². The smallest absolute Gasteiger partial charge is 0.315 e. The molecule has 3 N–H and O–H groups in total. The minimum absolute atomic E-state index is 0.112. The molecule has 2 aromatic carbocycles. The SMILES string of the molecule is CCOCCOCCOCCNC(=O)c1ccc(CNC(=O)NC[C@H]2CN(Cc3ccc(Cl)c(Cl)c3)CCO2)cc1. The standard InChI is InChI=1S/C29H40Cl2N4O6/c1-2-38-13-14-40-16-15-39-11-9-32-28(36)24-6-3-22(4-7-24)18-33-29(37)34-19-25-21-35(10-12-41-25)20-23-5-8-26(30)27(31)17-23/h3-8,17,25H,2,9-16,18-21H2,1H3,(H,32,36)(H2,33,34,37)/t25-/m0/s1. The number of benzene rings is 2. The number of rotatable bonds is 17. The minimum atomic E-state index is -0.281. The Morgan fingerprint density at radius 3 is 2.34 bits per heavy atom. The molecular weight excluding hydrogens is 571 g/mol. The Labute approximate surface area is 251 Å². The quantitative estimate of drug-likeness (QED) is 0.235. The molecule has 0 spiro atoms. The molecule has 0 radical (unpaired) electrons. The van der Waals surface area contributed by atoms with Crippen LogP contribution < -0.4 is 16.0 Å². The van der Waals surface area contributed by atoms with Gasteiger partial charge in [-0.05, 0) is 42.3 Å². The summed E-state index contributed by atoms with van der Waals surface area (Å²) in [6, 6.07) is 12.5. The summed E-state index contributed by atoms with van der Waals surface area (Å²) in [6.07, 6.45) is -0.112. The molecule has 1 atom stereocenters. The molecule has 12 heteroatoms. The van der Waals surface area contributed by atoms with E-state index in [0.717, 1.165) is 24.2 Å². The molecule has 226 valence electrons. The molecule has 0 saturated carbocycles. The van der Waals surface area contributed by atoms with Crippen LogP contribution in [0.3, 0.4) is 0 Å². The fourth-order valence-corrected chi connectivity index (χ4v) is 4.41. The number of nitrogens with zero attached hydrogens (tertiary/aromatic N) is 1. The van der Waals surface area contributed by atoms with Crippen LogP contribution in [0.2, 0.25) is 10.0 Å². The Hall–Kier alpha value is -2.44. The van der Waals surface area contributed by atoms with Crippen molar-refractivity contribution in [3.8, 4) is 0 Å². The van der Waals surface area contributed by atoms with Crippen LogP contribution >= 0.6 is 23.2 Å². The zero-order valence-corrected chi connectivity index (χ0v) is 25.0. The van der Waals surface area contributed by atoms with Gasteiger partial charge in [-0.1, -0.05) is 41.4 Å². The molecule has 1 aliphatic heterocycles. The fourth-order valence-electron chi connectivity index (χ4n) is 4.09. The molecule has 0 unspecified atom stereocenters. The van der Waals surface area contributed by atoms with Crippen LogP contribution in [-0.4, -0.2) is 95.4 Å². The second kappa shape index (κ2) is 18.9. The highest BCUT2D eigenvalue weighted by atomic mass is 35.5. The topological polar surface area (TPSA) is 110 Å². The van der Waals surface area contributed by atoms with Gasteiger partial charge in [0.05, 0.1) is 55.8 Å². The zero-order chi connectivity index (χ0) is 29.3. The lowest BCUT2D eigenvalue weighted by Crippen LogP contribution is -2.48. The van der Waals surface area contributed by atoms with Crippen LogP contribution in [0.5, 0.6) is 0 Å². The van der Waals surface area contributed by atoms with E-state index in [1.807, 2.05) is 31.2 Å². The normalized spacial score (nSPS) is 15.4. The van der Waals surface area contributed by atoms with Gasteiger partial charge in [-0.3, -0.25) is 9.69 Å². The molecule has 2 aromatic rings. The van der Waals surface area contributed by atoms with Crippen molar-refractivity contribution < 1.29 is 28.5 Å². The first kappa shape index (κ1) is 33.1. The molecule has 10 nitrogen and oxygen atoms in total. The van der Waals surface area contributed by atoms with Gasteiger partial charge in [0, 0.05) is 51.4 Å². The van der Waals surface area contributed by atoms with E-state index in [1.54, 1.807) is 18.2 Å². The van der Waals surface area contributed by atoms with Crippen LogP contribution in [-0.2, 0) is 32.0 Å². The van der Waals surface area contributed by atoms with Crippen LogP contribution in [0, 0.1) is 0 Å². The number of hydrogen-bond acceptors (Lipinski definition) is 7. The molecule has 3 rings (SSSR count). The van der Waals surface area contributed by atoms with Crippen molar-refractivity contribution in [2.45, 2.75) is 26.1 Å². The summed E-state index contributed by atoms with van der Waals surface area (Å²) in [5, 5.41) is 9.62. The summed E-state index contributed by atoms with van der Waals surface area (Å²) in [5.41, 5.74) is 2.50. The first-order chi connectivity index (χ1) is 19.9. The van der Waals surface area contributed by atoms with Gasteiger partial charge < -0.3 is 34.9 Å². The highest BCUT2D eigenvalue weighted by molar-refractivity contribution is 6.42. The number of ether oxygens (including phenoxy) is 4. The van der Waals surface area contributed by atoms with Crippen molar-refractivity contribution in [2.75, 3.05) is 72.4 Å². The average Bonchev–Trinajstić information content (AvgIpc) is 2.98. The van der Waals surface area contributed by atoms with E-state index in [0.29, 0.717) is 88.0 Å². The first-order valence-electron chi connectivity index (χ1n) is 13.8. The Morgan fingerprint density at radius 1 is 0.902 bits per heavy atom. The zero-order valence-electron chi connectivity index (χ0n) is 23.5. The molecule has 41 heavy (non-hydrogen) atoms. The van der Waals surface area contributed by atoms with E-state index >= 15 is 0 Å². The number of amides is 3. The molecule has 0 bridgehead atoms. The molecule has 0 aromatic heterocycles. The lowest BCUT2D eigenvalue weighted by Gasteiger charge is -2.33. The van der Waals surface area contributed by atoms with Gasteiger partial charge >= 0.3 is 6.03 Å². The number of halogens is 2. The Balaban J connectivity index is 1.26. The molecule has 3 amide bonds. The third-order valence-electron chi connectivity index (χ3n) is 6.25.